The Hall–Kier alpha value is -0.530. The fourth-order valence-corrected chi connectivity index (χ4v) is 1.84. The van der Waals surface area contributed by atoms with E-state index in [1.807, 2.05) is 27.7 Å². The van der Waals surface area contributed by atoms with Crippen LogP contribution >= 0.6 is 0 Å². The molecule has 2 heteroatoms. The van der Waals surface area contributed by atoms with E-state index < -0.39 is 0 Å². The van der Waals surface area contributed by atoms with Crippen molar-refractivity contribution in [2.45, 2.75) is 47.0 Å². The lowest BCUT2D eigenvalue weighted by molar-refractivity contribution is -0.141. The molecule has 0 N–H and O–H groups in total. The highest BCUT2D eigenvalue weighted by atomic mass is 16.5. The van der Waals surface area contributed by atoms with Crippen molar-refractivity contribution in [3.8, 4) is 0 Å². The van der Waals surface area contributed by atoms with Crippen LogP contribution in [0.2, 0.25) is 0 Å². The zero-order chi connectivity index (χ0) is 10.3. The summed E-state index contributed by atoms with van der Waals surface area (Å²) in [5.74, 6) is 0.917. The van der Waals surface area contributed by atoms with Gasteiger partial charge < -0.3 is 4.74 Å². The Morgan fingerprint density at radius 3 is 2.31 bits per heavy atom. The summed E-state index contributed by atoms with van der Waals surface area (Å²) in [4.78, 5) is 10.8. The minimum Gasteiger partial charge on any atom is -0.465 e. The van der Waals surface area contributed by atoms with Crippen LogP contribution in [0.3, 0.4) is 0 Å². The fourth-order valence-electron chi connectivity index (χ4n) is 1.84. The van der Waals surface area contributed by atoms with E-state index in [4.69, 9.17) is 4.74 Å². The lowest BCUT2D eigenvalue weighted by atomic mass is 10.0. The third kappa shape index (κ3) is 3.02. The van der Waals surface area contributed by atoms with Gasteiger partial charge in [-0.15, -0.1) is 0 Å². The maximum absolute atomic E-state index is 10.8. The lowest BCUT2D eigenvalue weighted by Crippen LogP contribution is -2.07. The van der Waals surface area contributed by atoms with Gasteiger partial charge in [0.15, 0.2) is 0 Å². The molecule has 0 amide bonds. The van der Waals surface area contributed by atoms with E-state index in [-0.39, 0.29) is 11.9 Å². The fraction of sp³-hybridized carbons (Fsp3) is 0.909. The average molecular weight is 186 g/mol. The highest BCUT2D eigenvalue weighted by molar-refractivity contribution is 5.75. The summed E-state index contributed by atoms with van der Waals surface area (Å²) in [5, 5.41) is 0. The zero-order valence-corrected chi connectivity index (χ0v) is 9.30. The molecule has 78 valence electrons. The van der Waals surface area contributed by atoms with E-state index in [0.29, 0.717) is 12.5 Å². The maximum atomic E-state index is 10.8. The molecule has 1 heterocycles. The van der Waals surface area contributed by atoms with Crippen molar-refractivity contribution >= 4 is 5.97 Å². The van der Waals surface area contributed by atoms with Gasteiger partial charge in [-0.3, -0.25) is 4.79 Å². The first-order valence-corrected chi connectivity index (χ1v) is 5.54. The number of rotatable bonds is 0. The molecule has 1 saturated carbocycles. The number of ether oxygens (including phenoxy) is 1. The second kappa shape index (κ2) is 6.93. The standard InChI is InChI=1S/C7H10O2.2C2H6/c8-7-6-3-1-2-5(6)4-9-7;2*1-2/h5-6H,1-4H2;2*1-2H3. The summed E-state index contributed by atoms with van der Waals surface area (Å²) in [7, 11) is 0. The number of hydrogen-bond donors (Lipinski definition) is 0. The average Bonchev–Trinajstić information content (AvgIpc) is 2.78. The largest absolute Gasteiger partial charge is 0.465 e. The Balaban J connectivity index is 0.000000322. The number of carbonyl (C=O) groups excluding carboxylic acids is 1. The molecule has 0 aromatic rings. The molecule has 2 atom stereocenters. The molecule has 2 aliphatic rings. The Bertz CT molecular complexity index is 143. The summed E-state index contributed by atoms with van der Waals surface area (Å²) < 4.78 is 4.88. The van der Waals surface area contributed by atoms with Crippen molar-refractivity contribution in [3.05, 3.63) is 0 Å². The van der Waals surface area contributed by atoms with Crippen LogP contribution < -0.4 is 0 Å². The minimum atomic E-state index is 0.0532. The molecule has 0 radical (unpaired) electrons. The van der Waals surface area contributed by atoms with Crippen molar-refractivity contribution in [3.63, 3.8) is 0 Å². The summed E-state index contributed by atoms with van der Waals surface area (Å²) in [5.41, 5.74) is 0. The SMILES string of the molecule is CC.CC.O=C1OCC2CCCC12. The van der Waals surface area contributed by atoms with Crippen molar-refractivity contribution in [2.24, 2.45) is 11.8 Å². The Morgan fingerprint density at radius 2 is 1.77 bits per heavy atom. The predicted octanol–water partition coefficient (Wildman–Crippen LogP) is 3.01. The first-order valence-electron chi connectivity index (χ1n) is 5.54. The molecule has 0 aromatic heterocycles. The van der Waals surface area contributed by atoms with Gasteiger partial charge in [0.2, 0.25) is 0 Å². The molecule has 1 aliphatic heterocycles. The van der Waals surface area contributed by atoms with Crippen LogP contribution in [-0.2, 0) is 9.53 Å². The topological polar surface area (TPSA) is 26.3 Å². The van der Waals surface area contributed by atoms with Crippen LogP contribution in [0.1, 0.15) is 47.0 Å². The Kier molecular flexibility index (Phi) is 6.65. The Labute approximate surface area is 81.7 Å². The van der Waals surface area contributed by atoms with Gasteiger partial charge in [-0.2, -0.15) is 0 Å². The number of carbonyl (C=O) groups is 1. The molecule has 0 aromatic carbocycles. The quantitative estimate of drug-likeness (QED) is 0.544. The minimum absolute atomic E-state index is 0.0532. The maximum Gasteiger partial charge on any atom is 0.309 e. The normalized spacial score (nSPS) is 29.1. The van der Waals surface area contributed by atoms with Gasteiger partial charge in [0.05, 0.1) is 12.5 Å². The van der Waals surface area contributed by atoms with Crippen molar-refractivity contribution in [1.29, 1.82) is 0 Å². The van der Waals surface area contributed by atoms with Gasteiger partial charge in [0.1, 0.15) is 0 Å². The van der Waals surface area contributed by atoms with E-state index in [2.05, 4.69) is 0 Å². The summed E-state index contributed by atoms with van der Waals surface area (Å²) in [6.07, 6.45) is 3.50. The van der Waals surface area contributed by atoms with Crippen LogP contribution in [0.4, 0.5) is 0 Å². The van der Waals surface area contributed by atoms with E-state index in [9.17, 15) is 4.79 Å². The molecule has 2 nitrogen and oxygen atoms in total. The third-order valence-electron chi connectivity index (χ3n) is 2.40. The molecular formula is C11H22O2. The van der Waals surface area contributed by atoms with Gasteiger partial charge in [-0.1, -0.05) is 34.1 Å². The molecule has 13 heavy (non-hydrogen) atoms. The molecule has 0 spiro atoms. The smallest absolute Gasteiger partial charge is 0.309 e. The van der Waals surface area contributed by atoms with Gasteiger partial charge in [-0.25, -0.2) is 0 Å². The first kappa shape index (κ1) is 12.5. The Morgan fingerprint density at radius 1 is 1.15 bits per heavy atom. The summed E-state index contributed by atoms with van der Waals surface area (Å²) in [6, 6.07) is 0. The summed E-state index contributed by atoms with van der Waals surface area (Å²) >= 11 is 0. The number of fused-ring (bicyclic) bond motifs is 1. The molecule has 2 fully saturated rings. The van der Waals surface area contributed by atoms with Gasteiger partial charge in [0.25, 0.3) is 0 Å². The molecule has 0 bridgehead atoms. The van der Waals surface area contributed by atoms with Crippen LogP contribution in [-0.4, -0.2) is 12.6 Å². The summed E-state index contributed by atoms with van der Waals surface area (Å²) in [6.45, 7) is 8.70. The van der Waals surface area contributed by atoms with Gasteiger partial charge >= 0.3 is 5.97 Å². The van der Waals surface area contributed by atoms with E-state index in [1.165, 1.54) is 12.8 Å². The van der Waals surface area contributed by atoms with Crippen LogP contribution in [0.15, 0.2) is 0 Å². The highest BCUT2D eigenvalue weighted by Crippen LogP contribution is 2.36. The van der Waals surface area contributed by atoms with Gasteiger partial charge in [0, 0.05) is 5.92 Å². The van der Waals surface area contributed by atoms with Crippen molar-refractivity contribution < 1.29 is 9.53 Å². The number of cyclic esters (lactones) is 1. The van der Waals surface area contributed by atoms with Gasteiger partial charge in [-0.05, 0) is 12.8 Å². The molecular weight excluding hydrogens is 164 g/mol. The van der Waals surface area contributed by atoms with E-state index >= 15 is 0 Å². The molecule has 2 unspecified atom stereocenters. The zero-order valence-electron chi connectivity index (χ0n) is 9.30. The van der Waals surface area contributed by atoms with Crippen LogP contribution in [0.25, 0.3) is 0 Å². The molecule has 1 aliphatic carbocycles. The predicted molar refractivity (Wildman–Crippen MR) is 54.5 cm³/mol. The first-order chi connectivity index (χ1) is 6.38. The van der Waals surface area contributed by atoms with Crippen LogP contribution in [0.5, 0.6) is 0 Å². The number of esters is 1. The second-order valence-corrected chi connectivity index (χ2v) is 2.93. The molecule has 2 rings (SSSR count). The molecule has 1 saturated heterocycles. The highest BCUT2D eigenvalue weighted by Gasteiger charge is 2.39. The van der Waals surface area contributed by atoms with Crippen molar-refractivity contribution in [2.75, 3.05) is 6.61 Å². The third-order valence-corrected chi connectivity index (χ3v) is 2.40. The van der Waals surface area contributed by atoms with Crippen molar-refractivity contribution in [1.82, 2.24) is 0 Å². The number of hydrogen-bond acceptors (Lipinski definition) is 2. The van der Waals surface area contributed by atoms with E-state index in [0.717, 1.165) is 6.42 Å². The second-order valence-electron chi connectivity index (χ2n) is 2.93. The lowest BCUT2D eigenvalue weighted by Gasteiger charge is -1.97. The monoisotopic (exact) mass is 186 g/mol. The van der Waals surface area contributed by atoms with Crippen LogP contribution in [0, 0.1) is 11.8 Å². The van der Waals surface area contributed by atoms with E-state index in [1.54, 1.807) is 0 Å².